The van der Waals surface area contributed by atoms with Gasteiger partial charge in [-0.1, -0.05) is 19.3 Å². The summed E-state index contributed by atoms with van der Waals surface area (Å²) in [7, 11) is 0. The number of carboxylic acids is 1. The Bertz CT molecular complexity index is 556. The van der Waals surface area contributed by atoms with Gasteiger partial charge in [-0.25, -0.2) is 4.39 Å². The Morgan fingerprint density at radius 2 is 2.05 bits per heavy atom. The van der Waals surface area contributed by atoms with Crippen LogP contribution in [0.1, 0.15) is 32.1 Å². The van der Waals surface area contributed by atoms with Crippen molar-refractivity contribution in [3.63, 3.8) is 0 Å². The highest BCUT2D eigenvalue weighted by Gasteiger charge is 2.39. The molecule has 0 unspecified atom stereocenters. The fourth-order valence-corrected chi connectivity index (χ4v) is 2.76. The van der Waals surface area contributed by atoms with Gasteiger partial charge in [0.2, 0.25) is 0 Å². The van der Waals surface area contributed by atoms with E-state index >= 15 is 0 Å². The first-order valence-corrected chi connectivity index (χ1v) is 6.86. The average molecular weight is 296 g/mol. The van der Waals surface area contributed by atoms with Gasteiger partial charge in [0.15, 0.2) is 0 Å². The molecule has 1 aromatic carbocycles. The van der Waals surface area contributed by atoms with Crippen molar-refractivity contribution in [2.75, 3.05) is 11.9 Å². The van der Waals surface area contributed by atoms with Gasteiger partial charge in [0.1, 0.15) is 11.5 Å². The van der Waals surface area contributed by atoms with Crippen LogP contribution in [-0.4, -0.2) is 22.5 Å². The molecule has 1 saturated carbocycles. The molecule has 0 atom stereocenters. The third-order valence-electron chi connectivity index (χ3n) is 4.04. The zero-order valence-electron chi connectivity index (χ0n) is 11.5. The molecule has 0 spiro atoms. The van der Waals surface area contributed by atoms with Crippen molar-refractivity contribution < 1.29 is 19.2 Å². The topological polar surface area (TPSA) is 92.5 Å². The molecule has 2 N–H and O–H groups in total. The number of rotatable bonds is 5. The maximum atomic E-state index is 13.1. The van der Waals surface area contributed by atoms with Gasteiger partial charge in [-0.3, -0.25) is 14.9 Å². The summed E-state index contributed by atoms with van der Waals surface area (Å²) in [6, 6.07) is 3.21. The number of carbonyl (C=O) groups is 1. The molecule has 7 heteroatoms. The van der Waals surface area contributed by atoms with Crippen molar-refractivity contribution >= 4 is 17.3 Å². The van der Waals surface area contributed by atoms with E-state index in [-0.39, 0.29) is 17.9 Å². The van der Waals surface area contributed by atoms with Crippen molar-refractivity contribution in [2.45, 2.75) is 32.1 Å². The minimum absolute atomic E-state index is 0.106. The number of nitro benzene ring substituents is 1. The molecule has 21 heavy (non-hydrogen) atoms. The first-order chi connectivity index (χ1) is 9.94. The monoisotopic (exact) mass is 296 g/mol. The Balaban J connectivity index is 2.18. The number of nitrogens with one attached hydrogen (secondary N) is 1. The summed E-state index contributed by atoms with van der Waals surface area (Å²) in [5, 5.41) is 23.2. The maximum Gasteiger partial charge on any atom is 0.311 e. The summed E-state index contributed by atoms with van der Waals surface area (Å²) in [5.74, 6) is -1.59. The lowest BCUT2D eigenvalue weighted by atomic mass is 9.74. The van der Waals surface area contributed by atoms with Gasteiger partial charge in [-0.15, -0.1) is 0 Å². The third kappa shape index (κ3) is 3.29. The molecule has 1 aliphatic rings. The number of anilines is 1. The van der Waals surface area contributed by atoms with Crippen molar-refractivity contribution in [3.05, 3.63) is 34.1 Å². The smallest absolute Gasteiger partial charge is 0.311 e. The predicted octanol–water partition coefficient (Wildman–Crippen LogP) is 3.18. The SMILES string of the molecule is O=C(O)C1(CNc2ccc(F)cc2[N+](=O)[O-])CCCCC1. The summed E-state index contributed by atoms with van der Waals surface area (Å²) in [5.41, 5.74) is -1.14. The van der Waals surface area contributed by atoms with E-state index in [9.17, 15) is 24.4 Å². The van der Waals surface area contributed by atoms with Crippen LogP contribution in [-0.2, 0) is 4.79 Å². The molecule has 1 aliphatic carbocycles. The van der Waals surface area contributed by atoms with Crippen molar-refractivity contribution in [3.8, 4) is 0 Å². The lowest BCUT2D eigenvalue weighted by Crippen LogP contribution is -2.39. The van der Waals surface area contributed by atoms with E-state index in [4.69, 9.17) is 0 Å². The summed E-state index contributed by atoms with van der Waals surface area (Å²) < 4.78 is 13.1. The summed E-state index contributed by atoms with van der Waals surface area (Å²) in [6.07, 6.45) is 3.76. The highest BCUT2D eigenvalue weighted by atomic mass is 19.1. The van der Waals surface area contributed by atoms with Gasteiger partial charge in [0.05, 0.1) is 16.4 Å². The Morgan fingerprint density at radius 3 is 2.62 bits per heavy atom. The Kier molecular flexibility index (Phi) is 4.40. The number of hydrogen-bond donors (Lipinski definition) is 2. The quantitative estimate of drug-likeness (QED) is 0.643. The number of nitrogens with zero attached hydrogens (tertiary/aromatic N) is 1. The van der Waals surface area contributed by atoms with Crippen molar-refractivity contribution in [1.82, 2.24) is 0 Å². The van der Waals surface area contributed by atoms with E-state index in [2.05, 4.69) is 5.32 Å². The van der Waals surface area contributed by atoms with Crippen LogP contribution in [0.5, 0.6) is 0 Å². The van der Waals surface area contributed by atoms with Crippen LogP contribution < -0.4 is 5.32 Å². The summed E-state index contributed by atoms with van der Waals surface area (Å²) in [4.78, 5) is 21.8. The third-order valence-corrected chi connectivity index (χ3v) is 4.04. The van der Waals surface area contributed by atoms with E-state index in [1.165, 1.54) is 6.07 Å². The predicted molar refractivity (Wildman–Crippen MR) is 74.7 cm³/mol. The maximum absolute atomic E-state index is 13.1. The van der Waals surface area contributed by atoms with Crippen LogP contribution in [0.2, 0.25) is 0 Å². The van der Waals surface area contributed by atoms with E-state index in [0.29, 0.717) is 12.8 Å². The highest BCUT2D eigenvalue weighted by molar-refractivity contribution is 5.76. The Hall–Kier alpha value is -2.18. The van der Waals surface area contributed by atoms with Crippen LogP contribution in [0.15, 0.2) is 18.2 Å². The summed E-state index contributed by atoms with van der Waals surface area (Å²) >= 11 is 0. The molecule has 1 fully saturated rings. The standard InChI is InChI=1S/C14H17FN2O4/c15-10-4-5-11(12(8-10)17(20)21)16-9-14(13(18)19)6-2-1-3-7-14/h4-5,8,16H,1-3,6-7,9H2,(H,18,19). The summed E-state index contributed by atoms with van der Waals surface area (Å²) in [6.45, 7) is 0.106. The molecular weight excluding hydrogens is 279 g/mol. The second kappa shape index (κ2) is 6.07. The van der Waals surface area contributed by atoms with Crippen LogP contribution in [0.25, 0.3) is 0 Å². The molecule has 0 aliphatic heterocycles. The van der Waals surface area contributed by atoms with Gasteiger partial charge in [-0.2, -0.15) is 0 Å². The van der Waals surface area contributed by atoms with Crippen LogP contribution in [0, 0.1) is 21.3 Å². The molecule has 114 valence electrons. The Labute approximate surface area is 121 Å². The number of benzene rings is 1. The first kappa shape index (κ1) is 15.2. The number of nitro groups is 1. The van der Waals surface area contributed by atoms with Crippen molar-refractivity contribution in [1.29, 1.82) is 0 Å². The minimum Gasteiger partial charge on any atom is -0.481 e. The fraction of sp³-hybridized carbons (Fsp3) is 0.500. The zero-order valence-corrected chi connectivity index (χ0v) is 11.5. The molecule has 1 aromatic rings. The largest absolute Gasteiger partial charge is 0.481 e. The van der Waals surface area contributed by atoms with Gasteiger partial charge in [0.25, 0.3) is 5.69 Å². The van der Waals surface area contributed by atoms with Gasteiger partial charge >= 0.3 is 5.97 Å². The second-order valence-corrected chi connectivity index (χ2v) is 5.42. The molecule has 0 saturated heterocycles. The number of halogens is 1. The van der Waals surface area contributed by atoms with Crippen LogP contribution in [0.4, 0.5) is 15.8 Å². The minimum atomic E-state index is -0.902. The van der Waals surface area contributed by atoms with Gasteiger partial charge in [-0.05, 0) is 25.0 Å². The number of hydrogen-bond acceptors (Lipinski definition) is 4. The molecule has 0 bridgehead atoms. The van der Waals surface area contributed by atoms with E-state index in [1.54, 1.807) is 0 Å². The molecule has 0 amide bonds. The van der Waals surface area contributed by atoms with E-state index < -0.39 is 22.1 Å². The van der Waals surface area contributed by atoms with Crippen molar-refractivity contribution in [2.24, 2.45) is 5.41 Å². The molecular formula is C14H17FN2O4. The number of aliphatic carboxylic acids is 1. The van der Waals surface area contributed by atoms with E-state index in [0.717, 1.165) is 31.4 Å². The van der Waals surface area contributed by atoms with Gasteiger partial charge < -0.3 is 10.4 Å². The van der Waals surface area contributed by atoms with E-state index in [1.807, 2.05) is 0 Å². The lowest BCUT2D eigenvalue weighted by Gasteiger charge is -2.33. The lowest BCUT2D eigenvalue weighted by molar-refractivity contribution is -0.384. The van der Waals surface area contributed by atoms with Crippen LogP contribution in [0.3, 0.4) is 0 Å². The first-order valence-electron chi connectivity index (χ1n) is 6.86. The molecule has 0 aromatic heterocycles. The fourth-order valence-electron chi connectivity index (χ4n) is 2.76. The molecule has 6 nitrogen and oxygen atoms in total. The molecule has 0 heterocycles. The van der Waals surface area contributed by atoms with Crippen LogP contribution >= 0.6 is 0 Å². The second-order valence-electron chi connectivity index (χ2n) is 5.42. The zero-order chi connectivity index (χ0) is 15.5. The number of carboxylic acid groups (broad SMARTS) is 1. The average Bonchev–Trinajstić information content (AvgIpc) is 2.46. The normalized spacial score (nSPS) is 17.2. The molecule has 0 radical (unpaired) electrons. The Morgan fingerprint density at radius 1 is 1.38 bits per heavy atom. The van der Waals surface area contributed by atoms with Gasteiger partial charge in [0, 0.05) is 6.54 Å². The molecule has 2 rings (SSSR count). The highest BCUT2D eigenvalue weighted by Crippen LogP contribution is 2.37.